The predicted molar refractivity (Wildman–Crippen MR) is 133 cm³/mol. The first kappa shape index (κ1) is 21.6. The normalized spacial score (nSPS) is 11.2. The van der Waals surface area contributed by atoms with Gasteiger partial charge in [-0.1, -0.05) is 66.4 Å². The third-order valence-corrected chi connectivity index (χ3v) is 5.92. The fraction of sp³-hybridized carbons (Fsp3) is 0.160. The predicted octanol–water partition coefficient (Wildman–Crippen LogP) is 4.39. The molecule has 0 aliphatic rings. The van der Waals surface area contributed by atoms with Gasteiger partial charge in [0.05, 0.1) is 29.5 Å². The molecular weight excluding hydrogens is 418 g/mol. The van der Waals surface area contributed by atoms with E-state index in [9.17, 15) is 4.79 Å². The Hall–Kier alpha value is -3.58. The van der Waals surface area contributed by atoms with E-state index < -0.39 is 0 Å². The average molecular weight is 444 g/mol. The van der Waals surface area contributed by atoms with Gasteiger partial charge >= 0.3 is 0 Å². The van der Waals surface area contributed by atoms with Gasteiger partial charge in [0.25, 0.3) is 5.91 Å². The smallest absolute Gasteiger partial charge is 0.250 e. The van der Waals surface area contributed by atoms with E-state index in [1.54, 1.807) is 6.21 Å². The minimum atomic E-state index is -0.172. The monoisotopic (exact) mass is 443 g/mol. The Morgan fingerprint density at radius 2 is 1.75 bits per heavy atom. The number of hydrazone groups is 1. The molecule has 0 radical (unpaired) electrons. The SMILES string of the molecule is CN(C)c1ccc(C=NNC(=O)CSc2nc3ccccc3n2Cc2ccccc2)cc1. The molecule has 0 saturated carbocycles. The molecule has 0 unspecified atom stereocenters. The number of nitrogens with zero attached hydrogens (tertiary/aromatic N) is 4. The van der Waals surface area contributed by atoms with Crippen molar-refractivity contribution in [2.45, 2.75) is 11.7 Å². The van der Waals surface area contributed by atoms with Crippen LogP contribution in [0.15, 0.2) is 89.1 Å². The summed E-state index contributed by atoms with van der Waals surface area (Å²) in [5, 5.41) is 4.90. The van der Waals surface area contributed by atoms with E-state index in [-0.39, 0.29) is 11.7 Å². The molecule has 4 rings (SSSR count). The third-order valence-electron chi connectivity index (χ3n) is 4.95. The van der Waals surface area contributed by atoms with Gasteiger partial charge in [-0.15, -0.1) is 0 Å². The van der Waals surface area contributed by atoms with Crippen molar-refractivity contribution in [1.29, 1.82) is 0 Å². The number of benzene rings is 3. The number of carbonyl (C=O) groups excluding carboxylic acids is 1. The van der Waals surface area contributed by atoms with Crippen LogP contribution in [0, 0.1) is 0 Å². The number of thioether (sulfide) groups is 1. The maximum absolute atomic E-state index is 12.3. The summed E-state index contributed by atoms with van der Waals surface area (Å²) in [6.07, 6.45) is 1.65. The number of hydrogen-bond donors (Lipinski definition) is 1. The first-order chi connectivity index (χ1) is 15.6. The second-order valence-corrected chi connectivity index (χ2v) is 8.47. The van der Waals surface area contributed by atoms with E-state index in [1.807, 2.05) is 79.7 Å². The molecular formula is C25H25N5OS. The van der Waals surface area contributed by atoms with Crippen molar-refractivity contribution in [2.75, 3.05) is 24.7 Å². The van der Waals surface area contributed by atoms with E-state index in [1.165, 1.54) is 17.3 Å². The Morgan fingerprint density at radius 3 is 2.50 bits per heavy atom. The third kappa shape index (κ3) is 5.36. The Labute approximate surface area is 192 Å². The van der Waals surface area contributed by atoms with Crippen molar-refractivity contribution in [1.82, 2.24) is 15.0 Å². The van der Waals surface area contributed by atoms with Crippen molar-refractivity contribution in [3.05, 3.63) is 90.0 Å². The Kier molecular flexibility index (Phi) is 6.87. The first-order valence-electron chi connectivity index (χ1n) is 10.3. The van der Waals surface area contributed by atoms with Crippen molar-refractivity contribution < 1.29 is 4.79 Å². The lowest BCUT2D eigenvalue weighted by molar-refractivity contribution is -0.118. The van der Waals surface area contributed by atoms with E-state index in [4.69, 9.17) is 4.98 Å². The molecule has 0 atom stereocenters. The van der Waals surface area contributed by atoms with Gasteiger partial charge in [0.15, 0.2) is 5.16 Å². The number of hydrogen-bond acceptors (Lipinski definition) is 5. The number of amides is 1. The minimum absolute atomic E-state index is 0.172. The first-order valence-corrected chi connectivity index (χ1v) is 11.3. The number of para-hydroxylation sites is 2. The summed E-state index contributed by atoms with van der Waals surface area (Å²) >= 11 is 1.41. The van der Waals surface area contributed by atoms with Gasteiger partial charge < -0.3 is 9.47 Å². The van der Waals surface area contributed by atoms with Crippen LogP contribution in [0.3, 0.4) is 0 Å². The summed E-state index contributed by atoms with van der Waals surface area (Å²) in [5.41, 5.74) is 7.80. The zero-order valence-electron chi connectivity index (χ0n) is 18.1. The van der Waals surface area contributed by atoms with E-state index in [0.29, 0.717) is 6.54 Å². The molecule has 162 valence electrons. The van der Waals surface area contributed by atoms with E-state index in [0.717, 1.165) is 27.4 Å². The molecule has 1 heterocycles. The summed E-state index contributed by atoms with van der Waals surface area (Å²) in [4.78, 5) is 19.1. The fourth-order valence-electron chi connectivity index (χ4n) is 3.28. The van der Waals surface area contributed by atoms with Gasteiger partial charge in [-0.25, -0.2) is 10.4 Å². The van der Waals surface area contributed by atoms with Crippen LogP contribution in [0.1, 0.15) is 11.1 Å². The minimum Gasteiger partial charge on any atom is -0.378 e. The van der Waals surface area contributed by atoms with E-state index >= 15 is 0 Å². The number of anilines is 1. The van der Waals surface area contributed by atoms with Gasteiger partial charge in [0.2, 0.25) is 0 Å². The van der Waals surface area contributed by atoms with E-state index in [2.05, 4.69) is 33.3 Å². The molecule has 0 saturated heterocycles. The van der Waals surface area contributed by atoms with Crippen LogP contribution in [0.25, 0.3) is 11.0 Å². The number of aromatic nitrogens is 2. The van der Waals surface area contributed by atoms with Crippen molar-refractivity contribution >= 4 is 40.6 Å². The highest BCUT2D eigenvalue weighted by molar-refractivity contribution is 7.99. The molecule has 4 aromatic rings. The van der Waals surface area contributed by atoms with Gasteiger partial charge in [0, 0.05) is 19.8 Å². The standard InChI is InChI=1S/C25H25N5OS/c1-29(2)21-14-12-19(13-15-21)16-26-28-24(31)18-32-25-27-22-10-6-7-11-23(22)30(25)17-20-8-4-3-5-9-20/h3-16H,17-18H2,1-2H3,(H,28,31). The van der Waals surface area contributed by atoms with Gasteiger partial charge in [-0.3, -0.25) is 4.79 Å². The molecule has 0 spiro atoms. The van der Waals surface area contributed by atoms with Gasteiger partial charge in [-0.2, -0.15) is 5.10 Å². The van der Waals surface area contributed by atoms with Crippen molar-refractivity contribution in [2.24, 2.45) is 5.10 Å². The Bertz CT molecular complexity index is 1220. The molecule has 32 heavy (non-hydrogen) atoms. The molecule has 0 aliphatic heterocycles. The molecule has 3 aromatic carbocycles. The van der Waals surface area contributed by atoms with Crippen molar-refractivity contribution in [3.63, 3.8) is 0 Å². The zero-order chi connectivity index (χ0) is 22.3. The highest BCUT2D eigenvalue weighted by atomic mass is 32.2. The molecule has 1 aromatic heterocycles. The number of nitrogens with one attached hydrogen (secondary N) is 1. The number of imidazole rings is 1. The summed E-state index contributed by atoms with van der Waals surface area (Å²) in [6, 6.07) is 26.2. The van der Waals surface area contributed by atoms with Crippen LogP contribution < -0.4 is 10.3 Å². The van der Waals surface area contributed by atoms with Crippen LogP contribution in [-0.2, 0) is 11.3 Å². The lowest BCUT2D eigenvalue weighted by Gasteiger charge is -2.11. The van der Waals surface area contributed by atoms with Crippen LogP contribution in [-0.4, -0.2) is 41.5 Å². The summed E-state index contributed by atoms with van der Waals surface area (Å²) in [6.45, 7) is 0.701. The molecule has 6 nitrogen and oxygen atoms in total. The molecule has 0 fully saturated rings. The maximum atomic E-state index is 12.3. The molecule has 1 amide bonds. The van der Waals surface area contributed by atoms with Gasteiger partial charge in [0.1, 0.15) is 0 Å². The zero-order valence-corrected chi connectivity index (χ0v) is 18.9. The molecule has 1 N–H and O–H groups in total. The van der Waals surface area contributed by atoms with Gasteiger partial charge in [-0.05, 0) is 35.4 Å². The summed E-state index contributed by atoms with van der Waals surface area (Å²) in [5.74, 6) is 0.0594. The van der Waals surface area contributed by atoms with Crippen LogP contribution in [0.2, 0.25) is 0 Å². The lowest BCUT2D eigenvalue weighted by atomic mass is 10.2. The van der Waals surface area contributed by atoms with Crippen LogP contribution in [0.4, 0.5) is 5.69 Å². The fourth-order valence-corrected chi connectivity index (χ4v) is 4.09. The van der Waals surface area contributed by atoms with Crippen LogP contribution in [0.5, 0.6) is 0 Å². The van der Waals surface area contributed by atoms with Crippen molar-refractivity contribution in [3.8, 4) is 0 Å². The second-order valence-electron chi connectivity index (χ2n) is 7.52. The number of carbonyl (C=O) groups is 1. The average Bonchev–Trinajstić information content (AvgIpc) is 3.16. The summed E-state index contributed by atoms with van der Waals surface area (Å²) < 4.78 is 2.15. The number of fused-ring (bicyclic) bond motifs is 1. The molecule has 0 bridgehead atoms. The Morgan fingerprint density at radius 1 is 1.03 bits per heavy atom. The number of rotatable bonds is 8. The highest BCUT2D eigenvalue weighted by Crippen LogP contribution is 2.25. The molecule has 0 aliphatic carbocycles. The maximum Gasteiger partial charge on any atom is 0.250 e. The largest absolute Gasteiger partial charge is 0.378 e. The summed E-state index contributed by atoms with van der Waals surface area (Å²) in [7, 11) is 3.99. The highest BCUT2D eigenvalue weighted by Gasteiger charge is 2.13. The topological polar surface area (TPSA) is 62.5 Å². The lowest BCUT2D eigenvalue weighted by Crippen LogP contribution is -2.20. The second kappa shape index (κ2) is 10.2. The quantitative estimate of drug-likeness (QED) is 0.249. The van der Waals surface area contributed by atoms with Crippen LogP contribution >= 0.6 is 11.8 Å². The Balaban J connectivity index is 1.40. The molecule has 7 heteroatoms.